The summed E-state index contributed by atoms with van der Waals surface area (Å²) in [6.07, 6.45) is 1.81. The molecule has 1 N–H and O–H groups in total. The molecule has 3 aromatic rings. The summed E-state index contributed by atoms with van der Waals surface area (Å²) in [7, 11) is 0. The smallest absolute Gasteiger partial charge is 0.131 e. The number of halogens is 2. The van der Waals surface area contributed by atoms with Gasteiger partial charge in [0.25, 0.3) is 0 Å². The summed E-state index contributed by atoms with van der Waals surface area (Å²) >= 11 is 0. The molecule has 0 spiro atoms. The highest BCUT2D eigenvalue weighted by Crippen LogP contribution is 2.25. The maximum atomic E-state index is 13.8. The van der Waals surface area contributed by atoms with E-state index in [4.69, 9.17) is 0 Å². The van der Waals surface area contributed by atoms with Crippen LogP contribution in [0, 0.1) is 18.6 Å². The molecule has 0 amide bonds. The number of hydrogen-bond donors (Lipinski definition) is 1. The van der Waals surface area contributed by atoms with Crippen molar-refractivity contribution in [2.24, 2.45) is 0 Å². The third-order valence-corrected chi connectivity index (χ3v) is 3.86. The van der Waals surface area contributed by atoms with Crippen LogP contribution in [-0.2, 0) is 13.2 Å². The van der Waals surface area contributed by atoms with Gasteiger partial charge in [-0.15, -0.1) is 0 Å². The zero-order valence-corrected chi connectivity index (χ0v) is 11.6. The van der Waals surface area contributed by atoms with Crippen molar-refractivity contribution < 1.29 is 13.9 Å². The first-order chi connectivity index (χ1) is 10.1. The van der Waals surface area contributed by atoms with Gasteiger partial charge in [0.05, 0.1) is 18.7 Å². The van der Waals surface area contributed by atoms with E-state index in [0.717, 1.165) is 22.0 Å². The Morgan fingerprint density at radius 3 is 2.43 bits per heavy atom. The van der Waals surface area contributed by atoms with Crippen molar-refractivity contribution in [1.29, 1.82) is 0 Å². The molecule has 1 heterocycles. The molecule has 0 saturated carbocycles. The van der Waals surface area contributed by atoms with Gasteiger partial charge >= 0.3 is 0 Å². The minimum atomic E-state index is -0.548. The minimum absolute atomic E-state index is 0.0452. The Labute approximate surface area is 121 Å². The molecule has 21 heavy (non-hydrogen) atoms. The number of aromatic nitrogens is 1. The maximum absolute atomic E-state index is 13.8. The predicted molar refractivity (Wildman–Crippen MR) is 78.1 cm³/mol. The summed E-state index contributed by atoms with van der Waals surface area (Å²) in [4.78, 5) is 0. The normalized spacial score (nSPS) is 11.2. The molecule has 2 aromatic carbocycles. The van der Waals surface area contributed by atoms with Gasteiger partial charge in [0.15, 0.2) is 0 Å². The quantitative estimate of drug-likeness (QED) is 0.779. The number of aryl methyl sites for hydroxylation is 1. The van der Waals surface area contributed by atoms with E-state index in [-0.39, 0.29) is 18.7 Å². The summed E-state index contributed by atoms with van der Waals surface area (Å²) < 4.78 is 29.4. The van der Waals surface area contributed by atoms with Gasteiger partial charge in [-0.1, -0.05) is 18.2 Å². The molecular weight excluding hydrogens is 272 g/mol. The van der Waals surface area contributed by atoms with E-state index in [1.807, 2.05) is 35.9 Å². The van der Waals surface area contributed by atoms with Crippen LogP contribution in [-0.4, -0.2) is 9.67 Å². The summed E-state index contributed by atoms with van der Waals surface area (Å²) in [5.74, 6) is -1.10. The van der Waals surface area contributed by atoms with Crippen LogP contribution < -0.4 is 0 Å². The highest BCUT2D eigenvalue weighted by atomic mass is 19.1. The van der Waals surface area contributed by atoms with E-state index in [9.17, 15) is 13.9 Å². The molecule has 3 rings (SSSR count). The summed E-state index contributed by atoms with van der Waals surface area (Å²) in [6.45, 7) is 1.97. The van der Waals surface area contributed by atoms with Crippen LogP contribution in [0.1, 0.15) is 16.7 Å². The van der Waals surface area contributed by atoms with E-state index in [0.29, 0.717) is 0 Å². The average Bonchev–Trinajstić information content (AvgIpc) is 2.87. The largest absolute Gasteiger partial charge is 0.392 e. The third kappa shape index (κ3) is 2.32. The summed E-state index contributed by atoms with van der Waals surface area (Å²) in [6, 6.07) is 9.55. The van der Waals surface area contributed by atoms with E-state index < -0.39 is 11.6 Å². The minimum Gasteiger partial charge on any atom is -0.392 e. The van der Waals surface area contributed by atoms with Crippen LogP contribution in [0.5, 0.6) is 0 Å². The monoisotopic (exact) mass is 287 g/mol. The number of benzene rings is 2. The van der Waals surface area contributed by atoms with Gasteiger partial charge in [0.2, 0.25) is 0 Å². The molecule has 0 bridgehead atoms. The first-order valence-corrected chi connectivity index (χ1v) is 6.73. The molecule has 0 aliphatic carbocycles. The molecule has 0 saturated heterocycles. The Morgan fingerprint density at radius 2 is 1.76 bits per heavy atom. The Hall–Kier alpha value is -2.20. The van der Waals surface area contributed by atoms with E-state index in [1.54, 1.807) is 0 Å². The summed E-state index contributed by atoms with van der Waals surface area (Å²) in [5.41, 5.74) is 2.68. The number of fused-ring (bicyclic) bond motifs is 1. The first kappa shape index (κ1) is 13.8. The first-order valence-electron chi connectivity index (χ1n) is 6.73. The molecule has 0 radical (unpaired) electrons. The van der Waals surface area contributed by atoms with Crippen molar-refractivity contribution in [1.82, 2.24) is 4.57 Å². The molecule has 108 valence electrons. The molecule has 0 atom stereocenters. The van der Waals surface area contributed by atoms with Crippen molar-refractivity contribution >= 4 is 10.9 Å². The van der Waals surface area contributed by atoms with E-state index in [1.165, 1.54) is 18.2 Å². The Morgan fingerprint density at radius 1 is 1.05 bits per heavy atom. The highest BCUT2D eigenvalue weighted by molar-refractivity contribution is 5.84. The van der Waals surface area contributed by atoms with Crippen LogP contribution >= 0.6 is 0 Å². The predicted octanol–water partition coefficient (Wildman–Crippen LogP) is 3.77. The van der Waals surface area contributed by atoms with Gasteiger partial charge in [-0.25, -0.2) is 8.78 Å². The number of aliphatic hydroxyl groups excluding tert-OH is 1. The van der Waals surface area contributed by atoms with Crippen molar-refractivity contribution in [2.75, 3.05) is 0 Å². The second kappa shape index (κ2) is 5.30. The fourth-order valence-electron chi connectivity index (χ4n) is 2.68. The number of rotatable bonds is 3. The topological polar surface area (TPSA) is 25.2 Å². The molecular formula is C17H15F2NO. The van der Waals surface area contributed by atoms with Crippen LogP contribution in [0.25, 0.3) is 10.9 Å². The fourth-order valence-corrected chi connectivity index (χ4v) is 2.68. The van der Waals surface area contributed by atoms with Crippen LogP contribution in [0.15, 0.2) is 42.6 Å². The molecule has 0 unspecified atom stereocenters. The maximum Gasteiger partial charge on any atom is 0.131 e. The van der Waals surface area contributed by atoms with E-state index >= 15 is 0 Å². The fraction of sp³-hybridized carbons (Fsp3) is 0.176. The van der Waals surface area contributed by atoms with E-state index in [2.05, 4.69) is 0 Å². The van der Waals surface area contributed by atoms with Crippen LogP contribution in [0.4, 0.5) is 8.78 Å². The number of hydrogen-bond acceptors (Lipinski definition) is 1. The van der Waals surface area contributed by atoms with Crippen LogP contribution in [0.2, 0.25) is 0 Å². The molecule has 1 aromatic heterocycles. The second-order valence-electron chi connectivity index (χ2n) is 5.09. The summed E-state index contributed by atoms with van der Waals surface area (Å²) in [5, 5.41) is 10.3. The van der Waals surface area contributed by atoms with Crippen molar-refractivity contribution in [2.45, 2.75) is 20.1 Å². The Kier molecular flexibility index (Phi) is 3.47. The molecule has 0 fully saturated rings. The highest BCUT2D eigenvalue weighted by Gasteiger charge is 2.12. The standard InChI is InChI=1S/C17H15F2NO/c1-11-13(10-21)6-5-12-7-8-20(17(11)12)9-14-15(18)3-2-4-16(14)19/h2-8,21H,9-10H2,1H3. The SMILES string of the molecule is Cc1c(CO)ccc2ccn(Cc3c(F)cccc3F)c12. The van der Waals surface area contributed by atoms with Crippen molar-refractivity contribution in [3.63, 3.8) is 0 Å². The molecule has 2 nitrogen and oxygen atoms in total. The van der Waals surface area contributed by atoms with Gasteiger partial charge in [0, 0.05) is 11.8 Å². The van der Waals surface area contributed by atoms with Crippen molar-refractivity contribution in [3.05, 3.63) is 70.9 Å². The number of nitrogens with zero attached hydrogens (tertiary/aromatic N) is 1. The van der Waals surface area contributed by atoms with Crippen molar-refractivity contribution in [3.8, 4) is 0 Å². The lowest BCUT2D eigenvalue weighted by atomic mass is 10.1. The van der Waals surface area contributed by atoms with Gasteiger partial charge in [0.1, 0.15) is 11.6 Å². The Bertz CT molecular complexity index is 788. The van der Waals surface area contributed by atoms with Crippen LogP contribution in [0.3, 0.4) is 0 Å². The third-order valence-electron chi connectivity index (χ3n) is 3.86. The number of aliphatic hydroxyl groups is 1. The zero-order chi connectivity index (χ0) is 15.0. The Balaban J connectivity index is 2.13. The second-order valence-corrected chi connectivity index (χ2v) is 5.09. The van der Waals surface area contributed by atoms with Gasteiger partial charge in [-0.2, -0.15) is 0 Å². The lowest BCUT2D eigenvalue weighted by Gasteiger charge is -2.11. The lowest BCUT2D eigenvalue weighted by Crippen LogP contribution is -2.05. The zero-order valence-electron chi connectivity index (χ0n) is 11.6. The molecule has 0 aliphatic rings. The molecule has 4 heteroatoms. The van der Waals surface area contributed by atoms with Gasteiger partial charge in [-0.3, -0.25) is 0 Å². The van der Waals surface area contributed by atoms with Gasteiger partial charge < -0.3 is 9.67 Å². The average molecular weight is 287 g/mol. The molecule has 0 aliphatic heterocycles. The van der Waals surface area contributed by atoms with Gasteiger partial charge in [-0.05, 0) is 41.6 Å². The lowest BCUT2D eigenvalue weighted by molar-refractivity contribution is 0.281.